The van der Waals surface area contributed by atoms with E-state index in [1.54, 1.807) is 13.8 Å². The molecule has 7 unspecified atom stereocenters. The fourth-order valence-corrected chi connectivity index (χ4v) is 4.40. The van der Waals surface area contributed by atoms with Gasteiger partial charge in [-0.3, -0.25) is 14.4 Å². The van der Waals surface area contributed by atoms with Crippen LogP contribution in [0.5, 0.6) is 0 Å². The lowest BCUT2D eigenvalue weighted by Gasteiger charge is -2.43. The molecule has 0 saturated carbocycles. The molecule has 26 heavy (non-hydrogen) atoms. The van der Waals surface area contributed by atoms with E-state index in [0.29, 0.717) is 13.0 Å². The van der Waals surface area contributed by atoms with Crippen LogP contribution < -0.4 is 0 Å². The highest BCUT2D eigenvalue weighted by Gasteiger charge is 2.59. The van der Waals surface area contributed by atoms with Crippen molar-refractivity contribution in [2.24, 2.45) is 17.3 Å². The Kier molecular flexibility index (Phi) is 4.55. The summed E-state index contributed by atoms with van der Waals surface area (Å²) >= 11 is 0. The van der Waals surface area contributed by atoms with E-state index in [9.17, 15) is 24.6 Å². The molecule has 0 aromatic rings. The molecule has 3 aliphatic heterocycles. The number of hydrogen-bond donors (Lipinski definition) is 2. The van der Waals surface area contributed by atoms with Crippen molar-refractivity contribution in [1.82, 2.24) is 4.90 Å². The SMILES string of the molecule is CCC1(C)C(=O)OC2CCN3C(=O)C(O)C(COC(=O)C(C)C1(C)O)C23. The molecule has 146 valence electrons. The van der Waals surface area contributed by atoms with Gasteiger partial charge in [0, 0.05) is 13.0 Å². The molecule has 0 radical (unpaired) electrons. The lowest BCUT2D eigenvalue weighted by molar-refractivity contribution is -0.189. The van der Waals surface area contributed by atoms with Crippen molar-refractivity contribution in [1.29, 1.82) is 0 Å². The van der Waals surface area contributed by atoms with Crippen LogP contribution in [0.1, 0.15) is 40.5 Å². The van der Waals surface area contributed by atoms with Gasteiger partial charge in [0.05, 0.1) is 35.5 Å². The number of esters is 2. The highest BCUT2D eigenvalue weighted by atomic mass is 16.6. The van der Waals surface area contributed by atoms with Crippen LogP contribution in [0.25, 0.3) is 0 Å². The third kappa shape index (κ3) is 2.45. The molecule has 3 saturated heterocycles. The number of aliphatic hydroxyl groups excluding tert-OH is 1. The Morgan fingerprint density at radius 1 is 1.27 bits per heavy atom. The Morgan fingerprint density at radius 3 is 2.54 bits per heavy atom. The molecule has 7 atom stereocenters. The molecular formula is C18H27NO7. The zero-order chi connectivity index (χ0) is 19.4. The molecule has 0 aromatic carbocycles. The molecule has 0 aromatic heterocycles. The first-order valence-electron chi connectivity index (χ1n) is 9.15. The van der Waals surface area contributed by atoms with Crippen molar-refractivity contribution >= 4 is 17.8 Å². The zero-order valence-electron chi connectivity index (χ0n) is 15.6. The Labute approximate surface area is 152 Å². The lowest BCUT2D eigenvalue weighted by Crippen LogP contribution is -2.56. The molecule has 3 rings (SSSR count). The number of carbonyl (C=O) groups excluding carboxylic acids is 3. The van der Waals surface area contributed by atoms with Crippen molar-refractivity contribution in [3.63, 3.8) is 0 Å². The van der Waals surface area contributed by atoms with E-state index in [1.165, 1.54) is 18.7 Å². The third-order valence-corrected chi connectivity index (χ3v) is 6.92. The molecule has 0 bridgehead atoms. The van der Waals surface area contributed by atoms with Gasteiger partial charge in [-0.25, -0.2) is 0 Å². The standard InChI is InChI=1S/C18H27NO7/c1-5-17(3)16(23)26-11-6-7-19-12(11)10(13(20)14(19)21)8-25-15(22)9(2)18(17,4)24/h9-13,20,24H,5-8H2,1-4H3. The van der Waals surface area contributed by atoms with E-state index in [0.717, 1.165) is 0 Å². The Bertz CT molecular complexity index is 633. The summed E-state index contributed by atoms with van der Waals surface area (Å²) in [5.74, 6) is -3.34. The molecule has 8 nitrogen and oxygen atoms in total. The van der Waals surface area contributed by atoms with Gasteiger partial charge in [-0.1, -0.05) is 6.92 Å². The third-order valence-electron chi connectivity index (χ3n) is 6.92. The predicted octanol–water partition coefficient (Wildman–Crippen LogP) is -0.150. The summed E-state index contributed by atoms with van der Waals surface area (Å²) < 4.78 is 11.1. The number of hydrogen-bond acceptors (Lipinski definition) is 7. The molecular weight excluding hydrogens is 342 g/mol. The number of aliphatic hydroxyl groups is 2. The average molecular weight is 369 g/mol. The highest BCUT2D eigenvalue weighted by molar-refractivity contribution is 5.85. The summed E-state index contributed by atoms with van der Waals surface area (Å²) in [4.78, 5) is 39.3. The second-order valence-corrected chi connectivity index (χ2v) is 8.05. The van der Waals surface area contributed by atoms with Gasteiger partial charge in [0.2, 0.25) is 0 Å². The van der Waals surface area contributed by atoms with Crippen LogP contribution in [0.4, 0.5) is 0 Å². The number of ether oxygens (including phenoxy) is 2. The van der Waals surface area contributed by atoms with Crippen molar-refractivity contribution in [3.05, 3.63) is 0 Å². The second kappa shape index (κ2) is 6.20. The fraction of sp³-hybridized carbons (Fsp3) is 0.833. The van der Waals surface area contributed by atoms with Crippen LogP contribution in [-0.4, -0.2) is 70.0 Å². The quantitative estimate of drug-likeness (QED) is 0.618. The molecule has 2 N–H and O–H groups in total. The molecule has 8 heteroatoms. The summed E-state index contributed by atoms with van der Waals surface area (Å²) in [6.45, 7) is 6.49. The summed E-state index contributed by atoms with van der Waals surface area (Å²) in [5, 5.41) is 21.3. The van der Waals surface area contributed by atoms with Crippen LogP contribution in [0, 0.1) is 17.3 Å². The Balaban J connectivity index is 2.02. The molecule has 3 heterocycles. The Hall–Kier alpha value is -1.67. The van der Waals surface area contributed by atoms with Crippen molar-refractivity contribution < 1.29 is 34.1 Å². The average Bonchev–Trinajstić information content (AvgIpc) is 3.10. The van der Waals surface area contributed by atoms with E-state index in [1.807, 2.05) is 0 Å². The summed E-state index contributed by atoms with van der Waals surface area (Å²) in [7, 11) is 0. The van der Waals surface area contributed by atoms with E-state index in [2.05, 4.69) is 0 Å². The maximum Gasteiger partial charge on any atom is 0.315 e. The monoisotopic (exact) mass is 369 g/mol. The normalized spacial score (nSPS) is 46.5. The number of rotatable bonds is 1. The maximum atomic E-state index is 13.0. The van der Waals surface area contributed by atoms with Crippen LogP contribution in [0.15, 0.2) is 0 Å². The number of cyclic esters (lactones) is 1. The fourth-order valence-electron chi connectivity index (χ4n) is 4.40. The van der Waals surface area contributed by atoms with Crippen LogP contribution >= 0.6 is 0 Å². The molecule has 0 aliphatic carbocycles. The van der Waals surface area contributed by atoms with E-state index in [-0.39, 0.29) is 13.0 Å². The van der Waals surface area contributed by atoms with Crippen LogP contribution in [0.3, 0.4) is 0 Å². The maximum absolute atomic E-state index is 13.0. The van der Waals surface area contributed by atoms with E-state index < -0.39 is 58.9 Å². The topological polar surface area (TPSA) is 113 Å². The number of carbonyl (C=O) groups is 3. The minimum absolute atomic E-state index is 0.162. The summed E-state index contributed by atoms with van der Waals surface area (Å²) in [6.07, 6.45) is -1.16. The smallest absolute Gasteiger partial charge is 0.315 e. The van der Waals surface area contributed by atoms with Crippen molar-refractivity contribution in [2.75, 3.05) is 13.2 Å². The van der Waals surface area contributed by atoms with Gasteiger partial charge in [-0.2, -0.15) is 0 Å². The van der Waals surface area contributed by atoms with Gasteiger partial charge in [0.15, 0.2) is 0 Å². The van der Waals surface area contributed by atoms with E-state index in [4.69, 9.17) is 9.47 Å². The van der Waals surface area contributed by atoms with Crippen molar-refractivity contribution in [3.8, 4) is 0 Å². The number of nitrogens with zero attached hydrogens (tertiary/aromatic N) is 1. The second-order valence-electron chi connectivity index (χ2n) is 8.05. The first kappa shape index (κ1) is 19.1. The predicted molar refractivity (Wildman–Crippen MR) is 88.6 cm³/mol. The Morgan fingerprint density at radius 2 is 1.92 bits per heavy atom. The minimum atomic E-state index is -1.68. The van der Waals surface area contributed by atoms with Crippen molar-refractivity contribution in [2.45, 2.75) is 64.4 Å². The van der Waals surface area contributed by atoms with Gasteiger partial charge in [-0.15, -0.1) is 0 Å². The van der Waals surface area contributed by atoms with Gasteiger partial charge in [-0.05, 0) is 27.2 Å². The van der Waals surface area contributed by atoms with E-state index >= 15 is 0 Å². The van der Waals surface area contributed by atoms with Crippen LogP contribution in [0.2, 0.25) is 0 Å². The molecule has 1 amide bonds. The van der Waals surface area contributed by atoms with Gasteiger partial charge >= 0.3 is 11.9 Å². The van der Waals surface area contributed by atoms with Gasteiger partial charge in [0.25, 0.3) is 5.91 Å². The van der Waals surface area contributed by atoms with Gasteiger partial charge < -0.3 is 24.6 Å². The first-order valence-corrected chi connectivity index (χ1v) is 9.15. The first-order chi connectivity index (χ1) is 12.1. The molecule has 0 spiro atoms. The lowest BCUT2D eigenvalue weighted by atomic mass is 9.66. The molecule has 3 fully saturated rings. The largest absolute Gasteiger partial charge is 0.465 e. The minimum Gasteiger partial charge on any atom is -0.465 e. The van der Waals surface area contributed by atoms with Crippen LogP contribution in [-0.2, 0) is 23.9 Å². The van der Waals surface area contributed by atoms with Gasteiger partial charge in [0.1, 0.15) is 12.2 Å². The highest BCUT2D eigenvalue weighted by Crippen LogP contribution is 2.44. The summed E-state index contributed by atoms with van der Waals surface area (Å²) in [6, 6.07) is -0.520. The summed E-state index contributed by atoms with van der Waals surface area (Å²) in [5.41, 5.74) is -3.00. The molecule has 3 aliphatic rings. The number of amides is 1. The zero-order valence-corrected chi connectivity index (χ0v) is 15.6.